The molecule has 0 aliphatic rings. The molecule has 0 radical (unpaired) electrons. The van der Waals surface area contributed by atoms with Gasteiger partial charge in [0.1, 0.15) is 5.75 Å². The predicted molar refractivity (Wildman–Crippen MR) is 101 cm³/mol. The molecular weight excluding hydrogens is 348 g/mol. The van der Waals surface area contributed by atoms with Gasteiger partial charge in [0.25, 0.3) is 0 Å². The van der Waals surface area contributed by atoms with Gasteiger partial charge in [-0.3, -0.25) is 9.59 Å². The third kappa shape index (κ3) is 5.85. The van der Waals surface area contributed by atoms with E-state index in [1.165, 1.54) is 37.1 Å². The van der Waals surface area contributed by atoms with Gasteiger partial charge in [-0.05, 0) is 30.2 Å². The maximum absolute atomic E-state index is 12.3. The van der Waals surface area contributed by atoms with E-state index < -0.39 is 5.97 Å². The quantitative estimate of drug-likeness (QED) is 0.744. The maximum Gasteiger partial charge on any atom is 0.335 e. The highest BCUT2D eigenvalue weighted by molar-refractivity contribution is 5.96. The molecule has 0 aliphatic heterocycles. The van der Waals surface area contributed by atoms with Gasteiger partial charge in [-0.15, -0.1) is 0 Å². The molecule has 0 atom stereocenters. The summed E-state index contributed by atoms with van der Waals surface area (Å²) in [6, 6.07) is 13.9. The van der Waals surface area contributed by atoms with Crippen molar-refractivity contribution in [2.45, 2.75) is 13.3 Å². The molecule has 7 heteroatoms. The van der Waals surface area contributed by atoms with Crippen molar-refractivity contribution in [1.29, 1.82) is 0 Å². The van der Waals surface area contributed by atoms with Gasteiger partial charge in [-0.25, -0.2) is 4.79 Å². The molecule has 0 aliphatic carbocycles. The molecular formula is C20H22N2O5. The van der Waals surface area contributed by atoms with Gasteiger partial charge in [0.15, 0.2) is 0 Å². The Morgan fingerprint density at radius 2 is 1.81 bits per heavy atom. The molecule has 0 spiro atoms. The lowest BCUT2D eigenvalue weighted by molar-refractivity contribution is -0.132. The van der Waals surface area contributed by atoms with Crippen LogP contribution in [0.15, 0.2) is 48.5 Å². The number of amides is 2. The van der Waals surface area contributed by atoms with E-state index in [-0.39, 0.29) is 29.7 Å². The van der Waals surface area contributed by atoms with Crippen LogP contribution in [0.5, 0.6) is 5.75 Å². The number of carbonyl (C=O) groups excluding carboxylic acids is 2. The van der Waals surface area contributed by atoms with Crippen molar-refractivity contribution in [3.63, 3.8) is 0 Å². The van der Waals surface area contributed by atoms with E-state index in [1.807, 2.05) is 30.3 Å². The zero-order valence-corrected chi connectivity index (χ0v) is 15.3. The number of aromatic carboxylic acids is 1. The lowest BCUT2D eigenvalue weighted by Gasteiger charge is -2.21. The Morgan fingerprint density at radius 1 is 1.11 bits per heavy atom. The van der Waals surface area contributed by atoms with Gasteiger partial charge in [0, 0.05) is 13.5 Å². The molecule has 0 unspecified atom stereocenters. The van der Waals surface area contributed by atoms with E-state index in [0.717, 1.165) is 5.56 Å². The minimum atomic E-state index is -1.09. The Hall–Kier alpha value is -3.35. The molecule has 0 saturated heterocycles. The van der Waals surface area contributed by atoms with Crippen molar-refractivity contribution in [3.8, 4) is 5.75 Å². The molecule has 2 amide bonds. The average molecular weight is 370 g/mol. The normalized spacial score (nSPS) is 10.1. The summed E-state index contributed by atoms with van der Waals surface area (Å²) < 4.78 is 5.14. The molecule has 2 N–H and O–H groups in total. The summed E-state index contributed by atoms with van der Waals surface area (Å²) in [4.78, 5) is 36.7. The highest BCUT2D eigenvalue weighted by atomic mass is 16.5. The summed E-state index contributed by atoms with van der Waals surface area (Å²) in [5, 5.41) is 11.7. The molecule has 0 aromatic heterocycles. The molecule has 0 fully saturated rings. The number of hydrogen-bond donors (Lipinski definition) is 2. The van der Waals surface area contributed by atoms with E-state index in [9.17, 15) is 14.4 Å². The molecule has 0 heterocycles. The molecule has 142 valence electrons. The molecule has 2 aromatic carbocycles. The largest absolute Gasteiger partial charge is 0.495 e. The van der Waals surface area contributed by atoms with Gasteiger partial charge in [-0.1, -0.05) is 30.3 Å². The zero-order valence-electron chi connectivity index (χ0n) is 15.3. The molecule has 7 nitrogen and oxygen atoms in total. The van der Waals surface area contributed by atoms with Crippen molar-refractivity contribution in [2.75, 3.05) is 25.5 Å². The molecule has 27 heavy (non-hydrogen) atoms. The van der Waals surface area contributed by atoms with Crippen LogP contribution in [0, 0.1) is 0 Å². The third-order valence-corrected chi connectivity index (χ3v) is 4.02. The number of carboxylic acid groups (broad SMARTS) is 1. The number of ether oxygens (including phenoxy) is 1. The summed E-state index contributed by atoms with van der Waals surface area (Å²) in [7, 11) is 1.39. The molecule has 0 bridgehead atoms. The highest BCUT2D eigenvalue weighted by Gasteiger charge is 2.16. The van der Waals surface area contributed by atoms with Crippen molar-refractivity contribution in [1.82, 2.24) is 4.90 Å². The number of rotatable bonds is 8. The van der Waals surface area contributed by atoms with Crippen LogP contribution in [-0.4, -0.2) is 48.0 Å². The van der Waals surface area contributed by atoms with Crippen LogP contribution in [0.4, 0.5) is 5.69 Å². The first-order valence-electron chi connectivity index (χ1n) is 8.41. The Labute approximate surface area is 157 Å². The number of carbonyl (C=O) groups is 3. The Balaban J connectivity index is 2.01. The number of nitrogens with zero attached hydrogens (tertiary/aromatic N) is 1. The highest BCUT2D eigenvalue weighted by Crippen LogP contribution is 2.25. The Morgan fingerprint density at radius 3 is 2.41 bits per heavy atom. The smallest absolute Gasteiger partial charge is 0.335 e. The number of hydrogen-bond acceptors (Lipinski definition) is 4. The third-order valence-electron chi connectivity index (χ3n) is 4.02. The lowest BCUT2D eigenvalue weighted by Crippen LogP contribution is -2.38. The van der Waals surface area contributed by atoms with Crippen molar-refractivity contribution in [3.05, 3.63) is 59.7 Å². The number of methoxy groups -OCH3 is 1. The first-order chi connectivity index (χ1) is 12.9. The summed E-state index contributed by atoms with van der Waals surface area (Å²) in [6.07, 6.45) is 0.643. The van der Waals surface area contributed by atoms with Gasteiger partial charge < -0.3 is 20.1 Å². The van der Waals surface area contributed by atoms with E-state index in [2.05, 4.69) is 5.32 Å². The number of benzene rings is 2. The van der Waals surface area contributed by atoms with E-state index in [4.69, 9.17) is 9.84 Å². The van der Waals surface area contributed by atoms with Gasteiger partial charge >= 0.3 is 5.97 Å². The lowest BCUT2D eigenvalue weighted by atomic mass is 10.1. The van der Waals surface area contributed by atoms with Crippen LogP contribution in [0.3, 0.4) is 0 Å². The summed E-state index contributed by atoms with van der Waals surface area (Å²) >= 11 is 0. The van der Waals surface area contributed by atoms with Crippen LogP contribution in [0.1, 0.15) is 22.8 Å². The average Bonchev–Trinajstić information content (AvgIpc) is 2.65. The standard InChI is InChI=1S/C20H22N2O5/c1-14(23)22(11-10-15-6-4-3-5-7-15)13-19(24)21-17-9-8-16(20(25)26)12-18(17)27-2/h3-9,12H,10-11,13H2,1-2H3,(H,21,24)(H,25,26). The van der Waals surface area contributed by atoms with Crippen molar-refractivity contribution in [2.24, 2.45) is 0 Å². The topological polar surface area (TPSA) is 95.9 Å². The van der Waals surface area contributed by atoms with Gasteiger partial charge in [0.05, 0.1) is 24.9 Å². The van der Waals surface area contributed by atoms with Crippen LogP contribution in [-0.2, 0) is 16.0 Å². The predicted octanol–water partition coefficient (Wildman–Crippen LogP) is 2.42. The minimum absolute atomic E-state index is 0.0538. The zero-order chi connectivity index (χ0) is 19.8. The fourth-order valence-electron chi connectivity index (χ4n) is 2.55. The fraction of sp³-hybridized carbons (Fsp3) is 0.250. The maximum atomic E-state index is 12.3. The number of carboxylic acids is 1. The van der Waals surface area contributed by atoms with Crippen LogP contribution < -0.4 is 10.1 Å². The van der Waals surface area contributed by atoms with Gasteiger partial charge in [0.2, 0.25) is 11.8 Å². The second-order valence-corrected chi connectivity index (χ2v) is 5.94. The van der Waals surface area contributed by atoms with Crippen LogP contribution in [0.25, 0.3) is 0 Å². The van der Waals surface area contributed by atoms with Crippen molar-refractivity contribution >= 4 is 23.5 Å². The Kier molecular flexibility index (Phi) is 6.93. The molecule has 0 saturated carbocycles. The minimum Gasteiger partial charge on any atom is -0.495 e. The first-order valence-corrected chi connectivity index (χ1v) is 8.41. The Bertz CT molecular complexity index is 820. The van der Waals surface area contributed by atoms with Crippen molar-refractivity contribution < 1.29 is 24.2 Å². The summed E-state index contributed by atoms with van der Waals surface area (Å²) in [6.45, 7) is 1.73. The van der Waals surface area contributed by atoms with Gasteiger partial charge in [-0.2, -0.15) is 0 Å². The molecule has 2 rings (SSSR count). The second-order valence-electron chi connectivity index (χ2n) is 5.94. The monoisotopic (exact) mass is 370 g/mol. The first kappa shape index (κ1) is 20.0. The van der Waals surface area contributed by atoms with E-state index in [1.54, 1.807) is 0 Å². The molecule has 2 aromatic rings. The summed E-state index contributed by atoms with van der Waals surface area (Å²) in [5.41, 5.74) is 1.48. The fourth-order valence-corrected chi connectivity index (χ4v) is 2.55. The number of anilines is 1. The van der Waals surface area contributed by atoms with E-state index >= 15 is 0 Å². The second kappa shape index (κ2) is 9.38. The van der Waals surface area contributed by atoms with E-state index in [0.29, 0.717) is 18.7 Å². The SMILES string of the molecule is COc1cc(C(=O)O)ccc1NC(=O)CN(CCc1ccccc1)C(C)=O. The summed E-state index contributed by atoms with van der Waals surface area (Å²) in [5.74, 6) is -1.44. The number of nitrogens with one attached hydrogen (secondary N) is 1. The van der Waals surface area contributed by atoms with Crippen LogP contribution in [0.2, 0.25) is 0 Å². The van der Waals surface area contributed by atoms with Crippen LogP contribution >= 0.6 is 0 Å².